The molecule has 0 aliphatic heterocycles. The Morgan fingerprint density at radius 1 is 1.50 bits per heavy atom. The summed E-state index contributed by atoms with van der Waals surface area (Å²) in [5.74, 6) is -0.738. The molecule has 9 heteroatoms. The molecule has 1 rings (SSSR count). The average molecular weight is 271 g/mol. The molecular weight excluding hydrogens is 263 g/mol. The number of amides is 1. The van der Waals surface area contributed by atoms with Crippen molar-refractivity contribution in [1.82, 2.24) is 10.2 Å². The molecule has 1 aromatic rings. The number of hydrogen-bond donors (Lipinski definition) is 1. The molecule has 16 heavy (non-hydrogen) atoms. The van der Waals surface area contributed by atoms with Crippen molar-refractivity contribution >= 4 is 34.1 Å². The summed E-state index contributed by atoms with van der Waals surface area (Å²) in [5.41, 5.74) is -4.42. The Bertz CT molecular complexity index is 379. The number of hydrogen-bond acceptors (Lipinski definition) is 5. The van der Waals surface area contributed by atoms with Crippen LogP contribution in [0.1, 0.15) is 11.9 Å². The van der Waals surface area contributed by atoms with Gasteiger partial charge in [0, 0.05) is 0 Å². The van der Waals surface area contributed by atoms with Crippen LogP contribution in [-0.4, -0.2) is 26.9 Å². The largest absolute Gasteiger partial charge is 0.442 e. The zero-order valence-corrected chi connectivity index (χ0v) is 9.96. The molecule has 0 saturated carbocycles. The fourth-order valence-electron chi connectivity index (χ4n) is 0.808. The molecule has 0 aliphatic rings. The highest BCUT2D eigenvalue weighted by molar-refractivity contribution is 8.01. The van der Waals surface area contributed by atoms with E-state index in [2.05, 4.69) is 15.5 Å². The van der Waals surface area contributed by atoms with Crippen molar-refractivity contribution in [2.45, 2.75) is 24.6 Å². The van der Waals surface area contributed by atoms with E-state index < -0.39 is 16.7 Å². The number of rotatable bonds is 3. The van der Waals surface area contributed by atoms with Crippen LogP contribution in [0.5, 0.6) is 0 Å². The van der Waals surface area contributed by atoms with Crippen LogP contribution in [0.3, 0.4) is 0 Å². The molecule has 0 bridgehead atoms. The van der Waals surface area contributed by atoms with Crippen LogP contribution >= 0.6 is 23.1 Å². The van der Waals surface area contributed by atoms with E-state index in [1.165, 1.54) is 6.92 Å². The molecular formula is C7H8F3N3OS2. The van der Waals surface area contributed by atoms with Gasteiger partial charge in [-0.3, -0.25) is 10.1 Å². The number of nitrogens with zero attached hydrogens (tertiary/aromatic N) is 2. The Hall–Kier alpha value is -0.830. The fourth-order valence-corrected chi connectivity index (χ4v) is 1.97. The molecule has 0 aliphatic carbocycles. The van der Waals surface area contributed by atoms with Crippen LogP contribution in [-0.2, 0) is 4.79 Å². The Morgan fingerprint density at radius 2 is 2.12 bits per heavy atom. The predicted molar refractivity (Wildman–Crippen MR) is 56.4 cm³/mol. The van der Waals surface area contributed by atoms with Gasteiger partial charge in [-0.25, -0.2) is 0 Å². The van der Waals surface area contributed by atoms with Crippen LogP contribution in [0.15, 0.2) is 0 Å². The minimum Gasteiger partial charge on any atom is -0.300 e. The van der Waals surface area contributed by atoms with E-state index in [1.54, 1.807) is 6.92 Å². The van der Waals surface area contributed by atoms with E-state index in [-0.39, 0.29) is 16.9 Å². The number of carbonyl (C=O) groups excluding carboxylic acids is 1. The summed E-state index contributed by atoms with van der Waals surface area (Å²) >= 11 is 0.742. The molecule has 0 spiro atoms. The smallest absolute Gasteiger partial charge is 0.300 e. The Balaban J connectivity index is 2.52. The number of carbonyl (C=O) groups is 1. The fraction of sp³-hybridized carbons (Fsp3) is 0.571. The third-order valence-electron chi connectivity index (χ3n) is 1.44. The molecule has 1 amide bonds. The molecule has 1 N–H and O–H groups in total. The molecule has 90 valence electrons. The van der Waals surface area contributed by atoms with Gasteiger partial charge in [0.25, 0.3) is 0 Å². The van der Waals surface area contributed by atoms with Gasteiger partial charge in [-0.15, -0.1) is 10.2 Å². The van der Waals surface area contributed by atoms with Crippen molar-refractivity contribution in [1.29, 1.82) is 0 Å². The summed E-state index contributed by atoms with van der Waals surface area (Å²) in [4.78, 5) is 11.3. The van der Waals surface area contributed by atoms with Gasteiger partial charge in [0.1, 0.15) is 5.01 Å². The van der Waals surface area contributed by atoms with Crippen molar-refractivity contribution in [3.05, 3.63) is 5.01 Å². The monoisotopic (exact) mass is 271 g/mol. The molecule has 1 heterocycles. The maximum atomic E-state index is 12.0. The van der Waals surface area contributed by atoms with Crippen LogP contribution in [0, 0.1) is 6.92 Å². The Kier molecular flexibility index (Phi) is 4.14. The Labute approximate surface area is 97.6 Å². The van der Waals surface area contributed by atoms with Crippen molar-refractivity contribution in [2.75, 3.05) is 5.32 Å². The first kappa shape index (κ1) is 13.2. The van der Waals surface area contributed by atoms with E-state index >= 15 is 0 Å². The molecule has 1 atom stereocenters. The summed E-state index contributed by atoms with van der Waals surface area (Å²) in [6.45, 7) is 2.86. The van der Waals surface area contributed by atoms with Gasteiger partial charge in [0.15, 0.2) is 0 Å². The number of halogens is 3. The van der Waals surface area contributed by atoms with Gasteiger partial charge in [-0.2, -0.15) is 13.2 Å². The van der Waals surface area contributed by atoms with Crippen molar-refractivity contribution in [3.8, 4) is 0 Å². The van der Waals surface area contributed by atoms with E-state index in [1.807, 2.05) is 0 Å². The lowest BCUT2D eigenvalue weighted by molar-refractivity contribution is -0.115. The van der Waals surface area contributed by atoms with Crippen molar-refractivity contribution < 1.29 is 18.0 Å². The first-order valence-electron chi connectivity index (χ1n) is 4.13. The quantitative estimate of drug-likeness (QED) is 0.917. The SMILES string of the molecule is Cc1nnc(NC(=O)C(C)SC(F)(F)F)s1. The lowest BCUT2D eigenvalue weighted by atomic mass is 10.4. The minimum absolute atomic E-state index is 0.206. The number of aryl methyl sites for hydroxylation is 1. The summed E-state index contributed by atoms with van der Waals surface area (Å²) in [6.07, 6.45) is 0. The van der Waals surface area contributed by atoms with Gasteiger partial charge < -0.3 is 0 Å². The second kappa shape index (κ2) is 5.00. The van der Waals surface area contributed by atoms with Crippen LogP contribution < -0.4 is 5.32 Å². The lowest BCUT2D eigenvalue weighted by Crippen LogP contribution is -2.25. The summed E-state index contributed by atoms with van der Waals surface area (Å²) in [7, 11) is 0. The van der Waals surface area contributed by atoms with Gasteiger partial charge in [0.2, 0.25) is 11.0 Å². The maximum Gasteiger partial charge on any atom is 0.442 e. The topological polar surface area (TPSA) is 54.9 Å². The highest BCUT2D eigenvalue weighted by atomic mass is 32.2. The highest BCUT2D eigenvalue weighted by Crippen LogP contribution is 2.34. The molecule has 0 saturated heterocycles. The lowest BCUT2D eigenvalue weighted by Gasteiger charge is -2.11. The first-order chi connectivity index (χ1) is 7.28. The van der Waals surface area contributed by atoms with E-state index in [9.17, 15) is 18.0 Å². The normalized spacial score (nSPS) is 13.6. The van der Waals surface area contributed by atoms with Gasteiger partial charge >= 0.3 is 5.51 Å². The zero-order valence-electron chi connectivity index (χ0n) is 8.33. The number of anilines is 1. The van der Waals surface area contributed by atoms with Crippen LogP contribution in [0.2, 0.25) is 0 Å². The highest BCUT2D eigenvalue weighted by Gasteiger charge is 2.34. The second-order valence-corrected chi connectivity index (χ2v) is 5.41. The molecule has 1 aromatic heterocycles. The number of thioether (sulfide) groups is 1. The van der Waals surface area contributed by atoms with E-state index in [0.717, 1.165) is 11.3 Å². The third kappa shape index (κ3) is 4.35. The van der Waals surface area contributed by atoms with Gasteiger partial charge in [-0.1, -0.05) is 11.3 Å². The number of nitrogens with one attached hydrogen (secondary N) is 1. The van der Waals surface area contributed by atoms with Crippen LogP contribution in [0.25, 0.3) is 0 Å². The molecule has 0 radical (unpaired) electrons. The summed E-state index contributed by atoms with van der Waals surface area (Å²) < 4.78 is 35.9. The first-order valence-corrected chi connectivity index (χ1v) is 5.83. The predicted octanol–water partition coefficient (Wildman–Crippen LogP) is 2.43. The minimum atomic E-state index is -4.42. The standard InChI is InChI=1S/C7H8F3N3OS2/c1-3(16-7(8,9)10)5(14)11-6-13-12-4(2)15-6/h3H,1-2H3,(H,11,13,14). The van der Waals surface area contributed by atoms with Crippen LogP contribution in [0.4, 0.5) is 18.3 Å². The zero-order chi connectivity index (χ0) is 12.3. The maximum absolute atomic E-state index is 12.0. The molecule has 0 fully saturated rings. The van der Waals surface area contributed by atoms with Gasteiger partial charge in [0.05, 0.1) is 5.25 Å². The van der Waals surface area contributed by atoms with Crippen molar-refractivity contribution in [3.63, 3.8) is 0 Å². The van der Waals surface area contributed by atoms with E-state index in [4.69, 9.17) is 0 Å². The second-order valence-electron chi connectivity index (χ2n) is 2.82. The molecule has 0 aromatic carbocycles. The number of aromatic nitrogens is 2. The summed E-state index contributed by atoms with van der Waals surface area (Å²) in [5, 5.41) is 9.10. The Morgan fingerprint density at radius 3 is 2.56 bits per heavy atom. The van der Waals surface area contributed by atoms with E-state index in [0.29, 0.717) is 5.01 Å². The molecule has 4 nitrogen and oxygen atoms in total. The van der Waals surface area contributed by atoms with Crippen molar-refractivity contribution in [2.24, 2.45) is 0 Å². The third-order valence-corrected chi connectivity index (χ3v) is 3.02. The molecule has 1 unspecified atom stereocenters. The number of alkyl halides is 3. The van der Waals surface area contributed by atoms with Gasteiger partial charge in [-0.05, 0) is 25.6 Å². The summed E-state index contributed by atoms with van der Waals surface area (Å²) in [6, 6.07) is 0. The average Bonchev–Trinajstić information content (AvgIpc) is 2.48.